The normalized spacial score (nSPS) is 52.6. The molecule has 0 radical (unpaired) electrons. The minimum atomic E-state index is -1.81. The van der Waals surface area contributed by atoms with Gasteiger partial charge in [-0.1, -0.05) is 46.3 Å². The van der Waals surface area contributed by atoms with Crippen molar-refractivity contribution < 1.29 is 109 Å². The van der Waals surface area contributed by atoms with Crippen molar-refractivity contribution in [3.8, 4) is 0 Å². The van der Waals surface area contributed by atoms with Crippen LogP contribution < -0.4 is 0 Å². The lowest BCUT2D eigenvalue weighted by Gasteiger charge is -2.71. The van der Waals surface area contributed by atoms with E-state index in [0.29, 0.717) is 38.5 Å². The summed E-state index contributed by atoms with van der Waals surface area (Å²) < 4.78 is 48.9. The Balaban J connectivity index is 1.01. The van der Waals surface area contributed by atoms with Crippen LogP contribution in [0.4, 0.5) is 0 Å². The summed E-state index contributed by atoms with van der Waals surface area (Å²) in [6.07, 6.45) is -22.1. The second-order valence-electron chi connectivity index (χ2n) is 25.3. The van der Waals surface area contributed by atoms with Crippen LogP contribution in [0.15, 0.2) is 11.6 Å². The van der Waals surface area contributed by atoms with Crippen molar-refractivity contribution >= 4 is 0 Å². The molecule has 0 spiro atoms. The van der Waals surface area contributed by atoms with Gasteiger partial charge in [-0.15, -0.1) is 0 Å². The molecule has 4 saturated heterocycles. The minimum absolute atomic E-state index is 0.0508. The Morgan fingerprint density at radius 2 is 1.08 bits per heavy atom. The van der Waals surface area contributed by atoms with Crippen molar-refractivity contribution in [2.24, 2.45) is 45.3 Å². The highest BCUT2D eigenvalue weighted by Crippen LogP contribution is 2.76. The van der Waals surface area contributed by atoms with Crippen LogP contribution in [0.25, 0.3) is 0 Å². The van der Waals surface area contributed by atoms with Crippen LogP contribution in [0.5, 0.6) is 0 Å². The first kappa shape index (κ1) is 60.0. The molecule has 8 aliphatic rings. The van der Waals surface area contributed by atoms with E-state index in [1.165, 1.54) is 0 Å². The number of aliphatic hydroxyl groups is 14. The Bertz CT molecular complexity index is 1940. The van der Waals surface area contributed by atoms with Crippen molar-refractivity contribution in [1.82, 2.24) is 0 Å². The molecular formula is C53H90O22. The summed E-state index contributed by atoms with van der Waals surface area (Å²) in [6, 6.07) is 0. The summed E-state index contributed by atoms with van der Waals surface area (Å²) >= 11 is 0. The lowest BCUT2D eigenvalue weighted by molar-refractivity contribution is -0.378. The van der Waals surface area contributed by atoms with Crippen molar-refractivity contribution in [2.75, 3.05) is 26.4 Å². The number of ether oxygens (including phenoxy) is 8. The second kappa shape index (κ2) is 22.7. The van der Waals surface area contributed by atoms with Crippen molar-refractivity contribution in [2.45, 2.75) is 248 Å². The van der Waals surface area contributed by atoms with E-state index in [4.69, 9.17) is 37.9 Å². The van der Waals surface area contributed by atoms with Gasteiger partial charge in [0.15, 0.2) is 25.2 Å². The third-order valence-electron chi connectivity index (χ3n) is 20.5. The quantitative estimate of drug-likeness (QED) is 0.0614. The molecule has 4 aliphatic heterocycles. The Labute approximate surface area is 439 Å². The molecule has 0 unspecified atom stereocenters. The molecule has 75 heavy (non-hydrogen) atoms. The van der Waals surface area contributed by atoms with Gasteiger partial charge in [-0.3, -0.25) is 0 Å². The molecular weight excluding hydrogens is 989 g/mol. The largest absolute Gasteiger partial charge is 0.394 e. The molecule has 22 nitrogen and oxygen atoms in total. The summed E-state index contributed by atoms with van der Waals surface area (Å²) in [5.74, 6) is -0.394. The molecule has 4 aliphatic carbocycles. The predicted octanol–water partition coefficient (Wildman–Crippen LogP) is -1.56. The maximum absolute atomic E-state index is 12.8. The predicted molar refractivity (Wildman–Crippen MR) is 260 cm³/mol. The van der Waals surface area contributed by atoms with Gasteiger partial charge in [-0.25, -0.2) is 0 Å². The third-order valence-corrected chi connectivity index (χ3v) is 20.5. The van der Waals surface area contributed by atoms with Gasteiger partial charge in [0.2, 0.25) is 0 Å². The van der Waals surface area contributed by atoms with Crippen LogP contribution in [0.3, 0.4) is 0 Å². The summed E-state index contributed by atoms with van der Waals surface area (Å²) in [7, 11) is 0. The van der Waals surface area contributed by atoms with Gasteiger partial charge in [0.05, 0.1) is 44.2 Å². The van der Waals surface area contributed by atoms with Gasteiger partial charge in [0, 0.05) is 0 Å². The molecule has 4 saturated carbocycles. The van der Waals surface area contributed by atoms with E-state index in [1.54, 1.807) is 0 Å². The van der Waals surface area contributed by atoms with Crippen LogP contribution >= 0.6 is 0 Å². The third kappa shape index (κ3) is 10.5. The number of rotatable bonds is 16. The Kier molecular flexibility index (Phi) is 18.1. The highest BCUT2D eigenvalue weighted by Gasteiger charge is 2.72. The van der Waals surface area contributed by atoms with E-state index in [-0.39, 0.29) is 34.5 Å². The van der Waals surface area contributed by atoms with Gasteiger partial charge < -0.3 is 109 Å². The first-order valence-electron chi connectivity index (χ1n) is 27.3. The molecule has 0 bridgehead atoms. The highest BCUT2D eigenvalue weighted by atomic mass is 16.8. The molecule has 8 fully saturated rings. The van der Waals surface area contributed by atoms with Crippen molar-refractivity contribution in [1.29, 1.82) is 0 Å². The molecule has 22 heteroatoms. The average Bonchev–Trinajstić information content (AvgIpc) is 3.89. The van der Waals surface area contributed by atoms with Crippen LogP contribution in [0.1, 0.15) is 113 Å². The molecule has 14 N–H and O–H groups in total. The summed E-state index contributed by atoms with van der Waals surface area (Å²) in [5.41, 5.74) is -1.47. The highest BCUT2D eigenvalue weighted by molar-refractivity contribution is 5.20. The van der Waals surface area contributed by atoms with E-state index in [9.17, 15) is 71.5 Å². The molecule has 8 rings (SSSR count). The van der Waals surface area contributed by atoms with E-state index in [2.05, 4.69) is 40.7 Å². The Morgan fingerprint density at radius 1 is 0.560 bits per heavy atom. The maximum Gasteiger partial charge on any atom is 0.187 e. The fourth-order valence-electron chi connectivity index (χ4n) is 16.1. The Hall–Kier alpha value is -1.14. The van der Waals surface area contributed by atoms with E-state index in [0.717, 1.165) is 24.8 Å². The monoisotopic (exact) mass is 1080 g/mol. The summed E-state index contributed by atoms with van der Waals surface area (Å²) in [5, 5.41) is 151. The smallest absolute Gasteiger partial charge is 0.187 e. The van der Waals surface area contributed by atoms with Crippen molar-refractivity contribution in [3.63, 3.8) is 0 Å². The van der Waals surface area contributed by atoms with Gasteiger partial charge in [-0.05, 0) is 124 Å². The number of allylic oxidation sites excluding steroid dienone is 2. The molecule has 4 heterocycles. The van der Waals surface area contributed by atoms with Gasteiger partial charge in [0.1, 0.15) is 91.6 Å². The minimum Gasteiger partial charge on any atom is -0.394 e. The molecule has 29 atom stereocenters. The first-order chi connectivity index (χ1) is 35.1. The van der Waals surface area contributed by atoms with E-state index >= 15 is 0 Å². The standard InChI is InChI=1S/C53H90O22/c1-23(2)10-9-14-53(8,75-47-43(67)39(63)37(61)29(72-47)22-68-45-41(65)36(60)28(21-56)69-45)24-11-16-52(7)33(24)25(57)18-31-50(5)15-13-32(49(3,4)30(50)12-17-51(31,52)6)73-48-44(40(64)35(59)27(20-55)71-48)74-46-42(66)38(62)34(58)26(19-54)70-46/h10,24-48,54-67H,9,11-22H2,1-8H3/t24-,25+,26+,27+,28-,29+,30-,31+,32-,33-,34+,35+,36-,37+,38-,39-,40-,41+,42+,43+,44+,45+,46-,47-,48-,50-,51+,52+,53-/m0/s1. The zero-order valence-electron chi connectivity index (χ0n) is 44.7. The van der Waals surface area contributed by atoms with Crippen LogP contribution in [-0.2, 0) is 37.9 Å². The Morgan fingerprint density at radius 3 is 1.69 bits per heavy atom. The lowest BCUT2D eigenvalue weighted by atomic mass is 9.35. The number of hydrogen-bond donors (Lipinski definition) is 14. The number of aliphatic hydroxyl groups excluding tert-OH is 14. The van der Waals surface area contributed by atoms with Gasteiger partial charge in [-0.2, -0.15) is 0 Å². The van der Waals surface area contributed by atoms with Crippen molar-refractivity contribution in [3.05, 3.63) is 11.6 Å². The average molecular weight is 1080 g/mol. The SMILES string of the molecule is CC(C)=CCC[C@](C)(O[C@@H]1O[C@H](CO[C@@H]2O[C@@H](CO)[C@H](O)[C@H]2O)[C@@H](O)[C@H](O)[C@H]1O)[C@H]1CC[C@]2(C)[C@@H]1[C@H](O)C[C@@H]1[C@@]3(C)CC[C@H](O[C@@H]4O[C@H](CO)[C@@H](O)[C@H](O)[C@H]4O[C@@H]4O[C@H](CO)[C@@H](O)[C@H](O)[C@H]4O)C(C)(C)[C@@H]3CC[C@]12C. The maximum atomic E-state index is 12.8. The number of hydrogen-bond acceptors (Lipinski definition) is 22. The fourth-order valence-corrected chi connectivity index (χ4v) is 16.1. The lowest BCUT2D eigenvalue weighted by Crippen LogP contribution is -2.68. The number of fused-ring (bicyclic) bond motifs is 5. The first-order valence-corrected chi connectivity index (χ1v) is 27.3. The van der Waals surface area contributed by atoms with Crippen LogP contribution in [-0.4, -0.2) is 232 Å². The van der Waals surface area contributed by atoms with Gasteiger partial charge in [0.25, 0.3) is 0 Å². The van der Waals surface area contributed by atoms with Crippen LogP contribution in [0, 0.1) is 45.3 Å². The van der Waals surface area contributed by atoms with Crippen LogP contribution in [0.2, 0.25) is 0 Å². The molecule has 0 aromatic rings. The fraction of sp³-hybridized carbons (Fsp3) is 0.962. The molecule has 0 amide bonds. The topological polar surface area (TPSA) is 357 Å². The summed E-state index contributed by atoms with van der Waals surface area (Å²) in [4.78, 5) is 0. The zero-order valence-corrected chi connectivity index (χ0v) is 44.7. The molecule has 0 aromatic carbocycles. The second-order valence-corrected chi connectivity index (χ2v) is 25.3. The molecule has 434 valence electrons. The van der Waals surface area contributed by atoms with Gasteiger partial charge >= 0.3 is 0 Å². The molecule has 0 aromatic heterocycles. The summed E-state index contributed by atoms with van der Waals surface area (Å²) in [6.45, 7) is 14.9. The van der Waals surface area contributed by atoms with E-state index < -0.39 is 172 Å². The zero-order chi connectivity index (χ0) is 55.1. The van der Waals surface area contributed by atoms with E-state index in [1.807, 2.05) is 20.8 Å².